The molecule has 0 fully saturated rings. The van der Waals surface area contributed by atoms with Crippen molar-refractivity contribution in [1.82, 2.24) is 5.43 Å². The Morgan fingerprint density at radius 2 is 1.85 bits per heavy atom. The van der Waals surface area contributed by atoms with Crippen molar-refractivity contribution >= 4 is 34.7 Å². The molecule has 2 heterocycles. The zero-order valence-electron chi connectivity index (χ0n) is 13.4. The van der Waals surface area contributed by atoms with E-state index in [9.17, 15) is 4.79 Å². The normalized spacial score (nSPS) is 12.5. The van der Waals surface area contributed by atoms with Crippen molar-refractivity contribution in [3.8, 4) is 22.8 Å². The number of amides is 1. The number of hydrazone groups is 1. The van der Waals surface area contributed by atoms with Crippen LogP contribution in [-0.2, 0) is 0 Å². The van der Waals surface area contributed by atoms with E-state index in [4.69, 9.17) is 13.9 Å². The van der Waals surface area contributed by atoms with Crippen LogP contribution in [0.5, 0.6) is 11.5 Å². The van der Waals surface area contributed by atoms with Crippen molar-refractivity contribution in [3.05, 3.63) is 69.5 Å². The zero-order valence-corrected chi connectivity index (χ0v) is 15.6. The summed E-state index contributed by atoms with van der Waals surface area (Å²) in [5, 5.41) is 3.94. The Hall–Kier alpha value is -2.81. The molecule has 1 aromatic heterocycles. The third-order valence-electron chi connectivity index (χ3n) is 3.75. The summed E-state index contributed by atoms with van der Waals surface area (Å²) in [4.78, 5) is 12.1. The predicted molar refractivity (Wildman–Crippen MR) is 104 cm³/mol. The van der Waals surface area contributed by atoms with Gasteiger partial charge in [-0.2, -0.15) is 5.10 Å². The molecule has 1 N–H and O–H groups in total. The molecule has 1 amide bonds. The summed E-state index contributed by atoms with van der Waals surface area (Å²) in [5.74, 6) is 2.12. The molecule has 26 heavy (non-hydrogen) atoms. The lowest BCUT2D eigenvalue weighted by atomic mass is 10.2. The van der Waals surface area contributed by atoms with Gasteiger partial charge >= 0.3 is 0 Å². The molecule has 0 radical (unpaired) electrons. The van der Waals surface area contributed by atoms with E-state index >= 15 is 0 Å². The minimum absolute atomic E-state index is 0.167. The van der Waals surface area contributed by atoms with E-state index in [1.54, 1.807) is 24.3 Å². The van der Waals surface area contributed by atoms with Gasteiger partial charge in [-0.15, -0.1) is 0 Å². The average molecular weight is 460 g/mol. The predicted octanol–water partition coefficient (Wildman–Crippen LogP) is 4.04. The van der Waals surface area contributed by atoms with Gasteiger partial charge in [0.05, 0.1) is 6.21 Å². The summed E-state index contributed by atoms with van der Waals surface area (Å²) in [6.45, 7) is 0.167. The third kappa shape index (κ3) is 3.57. The lowest BCUT2D eigenvalue weighted by Gasteiger charge is -2.01. The Balaban J connectivity index is 1.41. The van der Waals surface area contributed by atoms with Crippen molar-refractivity contribution in [2.45, 2.75) is 0 Å². The molecule has 1 aliphatic rings. The number of benzene rings is 2. The smallest absolute Gasteiger partial charge is 0.271 e. The molecule has 0 spiro atoms. The van der Waals surface area contributed by atoms with Crippen LogP contribution in [0.2, 0.25) is 0 Å². The van der Waals surface area contributed by atoms with Crippen molar-refractivity contribution in [3.63, 3.8) is 0 Å². The lowest BCUT2D eigenvalue weighted by Crippen LogP contribution is -2.17. The van der Waals surface area contributed by atoms with Crippen LogP contribution in [0.3, 0.4) is 0 Å². The summed E-state index contributed by atoms with van der Waals surface area (Å²) in [6.07, 6.45) is 1.46. The van der Waals surface area contributed by atoms with Crippen molar-refractivity contribution < 1.29 is 18.7 Å². The number of halogens is 1. The molecule has 1 aliphatic heterocycles. The van der Waals surface area contributed by atoms with Gasteiger partial charge in [0.1, 0.15) is 11.5 Å². The van der Waals surface area contributed by atoms with Gasteiger partial charge in [0, 0.05) is 14.7 Å². The molecule has 0 atom stereocenters. The van der Waals surface area contributed by atoms with E-state index in [1.165, 1.54) is 6.21 Å². The van der Waals surface area contributed by atoms with Crippen LogP contribution in [0.4, 0.5) is 0 Å². The van der Waals surface area contributed by atoms with Crippen LogP contribution in [0.15, 0.2) is 64.1 Å². The van der Waals surface area contributed by atoms with Crippen LogP contribution in [0.25, 0.3) is 11.3 Å². The molecule has 0 unspecified atom stereocenters. The first-order valence-electron chi connectivity index (χ1n) is 7.78. The number of carbonyl (C=O) groups excluding carboxylic acids is 1. The summed E-state index contributed by atoms with van der Waals surface area (Å²) in [6, 6.07) is 16.6. The van der Waals surface area contributed by atoms with Crippen LogP contribution in [-0.4, -0.2) is 18.9 Å². The minimum atomic E-state index is -0.344. The van der Waals surface area contributed by atoms with Gasteiger partial charge < -0.3 is 13.9 Å². The molecular formula is C19H13IN2O4. The Morgan fingerprint density at radius 3 is 2.69 bits per heavy atom. The Bertz CT molecular complexity index is 979. The van der Waals surface area contributed by atoms with Gasteiger partial charge in [0.25, 0.3) is 5.91 Å². The second-order valence-corrected chi connectivity index (χ2v) is 6.72. The van der Waals surface area contributed by atoms with E-state index < -0.39 is 0 Å². The van der Waals surface area contributed by atoms with Crippen LogP contribution >= 0.6 is 22.6 Å². The number of ether oxygens (including phenoxy) is 2. The highest BCUT2D eigenvalue weighted by atomic mass is 127. The molecule has 0 saturated carbocycles. The summed E-state index contributed by atoms with van der Waals surface area (Å²) in [5.41, 5.74) is 3.88. The topological polar surface area (TPSA) is 73.1 Å². The van der Waals surface area contributed by atoms with E-state index in [0.717, 1.165) is 14.9 Å². The maximum atomic E-state index is 12.1. The summed E-state index contributed by atoms with van der Waals surface area (Å²) >= 11 is 2.25. The highest BCUT2D eigenvalue weighted by Crippen LogP contribution is 2.32. The molecule has 6 nitrogen and oxygen atoms in total. The number of hydrogen-bond acceptors (Lipinski definition) is 5. The van der Waals surface area contributed by atoms with Gasteiger partial charge in [-0.1, -0.05) is 12.1 Å². The third-order valence-corrected chi connectivity index (χ3v) is 4.47. The van der Waals surface area contributed by atoms with Crippen LogP contribution in [0.1, 0.15) is 16.1 Å². The molecule has 2 aromatic carbocycles. The first kappa shape index (κ1) is 16.6. The second kappa shape index (κ2) is 7.20. The number of hydrogen-bond donors (Lipinski definition) is 1. The number of rotatable bonds is 4. The molecule has 130 valence electrons. The number of carbonyl (C=O) groups is 1. The van der Waals surface area contributed by atoms with Crippen LogP contribution < -0.4 is 14.9 Å². The first-order chi connectivity index (χ1) is 12.7. The SMILES string of the molecule is O=C(N/N=C\c1ccc(-c2ccc(I)cc2)o1)c1ccc2c(c1)OCO2. The average Bonchev–Trinajstić information content (AvgIpc) is 3.31. The maximum Gasteiger partial charge on any atom is 0.271 e. The molecular weight excluding hydrogens is 447 g/mol. The highest BCUT2D eigenvalue weighted by molar-refractivity contribution is 14.1. The van der Waals surface area contributed by atoms with Gasteiger partial charge in [0.15, 0.2) is 11.5 Å². The lowest BCUT2D eigenvalue weighted by molar-refractivity contribution is 0.0954. The van der Waals surface area contributed by atoms with E-state index in [-0.39, 0.29) is 12.7 Å². The summed E-state index contributed by atoms with van der Waals surface area (Å²) < 4.78 is 17.4. The number of nitrogens with one attached hydrogen (secondary N) is 1. The quantitative estimate of drug-likeness (QED) is 0.363. The summed E-state index contributed by atoms with van der Waals surface area (Å²) in [7, 11) is 0. The van der Waals surface area contributed by atoms with Gasteiger partial charge in [-0.3, -0.25) is 4.79 Å². The standard InChI is InChI=1S/C19H13IN2O4/c20-14-4-1-12(2-5-14)16-8-6-15(26-16)10-21-22-19(23)13-3-7-17-18(9-13)25-11-24-17/h1-10H,11H2,(H,22,23)/b21-10-. The molecule has 7 heteroatoms. The fourth-order valence-corrected chi connectivity index (χ4v) is 2.81. The van der Waals surface area contributed by atoms with Crippen molar-refractivity contribution in [2.75, 3.05) is 6.79 Å². The fourth-order valence-electron chi connectivity index (χ4n) is 2.45. The largest absolute Gasteiger partial charge is 0.455 e. The molecule has 4 rings (SSSR count). The second-order valence-electron chi connectivity index (χ2n) is 5.48. The number of furan rings is 1. The molecule has 0 saturated heterocycles. The van der Waals surface area contributed by atoms with Gasteiger partial charge in [-0.25, -0.2) is 5.43 Å². The number of nitrogens with zero attached hydrogens (tertiary/aromatic N) is 1. The van der Waals surface area contributed by atoms with Gasteiger partial charge in [-0.05, 0) is 65.1 Å². The molecule has 0 bridgehead atoms. The molecule has 0 aliphatic carbocycles. The maximum absolute atomic E-state index is 12.1. The Kier molecular flexibility index (Phi) is 4.61. The zero-order chi connectivity index (χ0) is 17.9. The van der Waals surface area contributed by atoms with Gasteiger partial charge in [0.2, 0.25) is 6.79 Å². The fraction of sp³-hybridized carbons (Fsp3) is 0.0526. The monoisotopic (exact) mass is 460 g/mol. The Labute approximate surface area is 162 Å². The number of fused-ring (bicyclic) bond motifs is 1. The Morgan fingerprint density at radius 1 is 1.04 bits per heavy atom. The van der Waals surface area contributed by atoms with Crippen LogP contribution in [0, 0.1) is 3.57 Å². The molecule has 3 aromatic rings. The minimum Gasteiger partial charge on any atom is -0.455 e. The van der Waals surface area contributed by atoms with E-state index in [1.807, 2.05) is 30.3 Å². The van der Waals surface area contributed by atoms with E-state index in [0.29, 0.717) is 22.8 Å². The van der Waals surface area contributed by atoms with E-state index in [2.05, 4.69) is 33.1 Å². The highest BCUT2D eigenvalue weighted by Gasteiger charge is 2.15. The van der Waals surface area contributed by atoms with Crippen molar-refractivity contribution in [1.29, 1.82) is 0 Å². The first-order valence-corrected chi connectivity index (χ1v) is 8.86. The van der Waals surface area contributed by atoms with Crippen molar-refractivity contribution in [2.24, 2.45) is 5.10 Å².